The molecule has 1 saturated heterocycles. The molecule has 1 aromatic carbocycles. The number of carbonyl (C=O) groups excluding carboxylic acids is 1. The number of rotatable bonds is 4. The predicted octanol–water partition coefficient (Wildman–Crippen LogP) is 3.47. The normalized spacial score (nSPS) is 20.9. The van der Waals surface area contributed by atoms with Gasteiger partial charge in [0.15, 0.2) is 0 Å². The van der Waals surface area contributed by atoms with Gasteiger partial charge in [0.2, 0.25) is 0 Å². The van der Waals surface area contributed by atoms with Crippen LogP contribution in [0.25, 0.3) is 0 Å². The molecule has 2 heterocycles. The Bertz CT molecular complexity index is 753. The molecule has 3 rings (SSSR count). The van der Waals surface area contributed by atoms with E-state index in [2.05, 4.69) is 15.6 Å². The molecular weight excluding hydrogens is 381 g/mol. The number of carbonyl (C=O) groups is 1. The summed E-state index contributed by atoms with van der Waals surface area (Å²) in [5.41, 5.74) is 3.39. The van der Waals surface area contributed by atoms with Gasteiger partial charge in [-0.1, -0.05) is 29.3 Å². The number of aromatic nitrogens is 1. The van der Waals surface area contributed by atoms with Crippen LogP contribution in [0.2, 0.25) is 10.0 Å². The molecule has 2 N–H and O–H groups in total. The maximum Gasteiger partial charge on any atom is 0.263 e. The van der Waals surface area contributed by atoms with E-state index in [4.69, 9.17) is 27.9 Å². The van der Waals surface area contributed by atoms with Crippen LogP contribution in [-0.4, -0.2) is 37.1 Å². The van der Waals surface area contributed by atoms with E-state index in [-0.39, 0.29) is 17.9 Å². The number of halogens is 2. The second kappa shape index (κ2) is 8.47. The maximum absolute atomic E-state index is 12.4. The predicted molar refractivity (Wildman–Crippen MR) is 101 cm³/mol. The van der Waals surface area contributed by atoms with Gasteiger partial charge in [0.05, 0.1) is 34.0 Å². The van der Waals surface area contributed by atoms with Crippen molar-refractivity contribution in [3.05, 3.63) is 49.9 Å². The van der Waals surface area contributed by atoms with Gasteiger partial charge in [0.25, 0.3) is 5.91 Å². The van der Waals surface area contributed by atoms with E-state index in [1.807, 2.05) is 19.1 Å². The van der Waals surface area contributed by atoms with Gasteiger partial charge in [-0.05, 0) is 24.6 Å². The lowest BCUT2D eigenvalue weighted by molar-refractivity contribution is 0.0306. The largest absolute Gasteiger partial charge is 0.372 e. The summed E-state index contributed by atoms with van der Waals surface area (Å²) in [6.07, 6.45) is -0.160. The zero-order valence-corrected chi connectivity index (χ0v) is 16.0. The topological polar surface area (TPSA) is 63.2 Å². The third kappa shape index (κ3) is 4.51. The van der Waals surface area contributed by atoms with Crippen molar-refractivity contribution < 1.29 is 9.53 Å². The van der Waals surface area contributed by atoms with Gasteiger partial charge in [-0.2, -0.15) is 0 Å². The van der Waals surface area contributed by atoms with Crippen molar-refractivity contribution >= 4 is 40.4 Å². The van der Waals surface area contributed by atoms with Gasteiger partial charge in [0, 0.05) is 25.6 Å². The lowest BCUT2D eigenvalue weighted by atomic mass is 9.95. The van der Waals surface area contributed by atoms with Crippen molar-refractivity contribution in [2.24, 2.45) is 5.92 Å². The molecule has 1 amide bonds. The van der Waals surface area contributed by atoms with Crippen LogP contribution in [0, 0.1) is 12.8 Å². The third-order valence-electron chi connectivity index (χ3n) is 4.16. The number of nitrogens with one attached hydrogen (secondary N) is 2. The molecule has 2 atom stereocenters. The molecule has 0 unspecified atom stereocenters. The molecule has 0 bridgehead atoms. The van der Waals surface area contributed by atoms with Crippen molar-refractivity contribution in [2.45, 2.75) is 13.0 Å². The summed E-state index contributed by atoms with van der Waals surface area (Å²) >= 11 is 13.5. The fourth-order valence-corrected chi connectivity index (χ4v) is 3.87. The molecule has 8 heteroatoms. The Hall–Kier alpha value is -1.18. The highest BCUT2D eigenvalue weighted by Gasteiger charge is 2.27. The first-order valence-electron chi connectivity index (χ1n) is 8.02. The van der Waals surface area contributed by atoms with Crippen LogP contribution in [0.3, 0.4) is 0 Å². The average Bonchev–Trinajstić information content (AvgIpc) is 2.89. The molecule has 134 valence electrons. The first-order chi connectivity index (χ1) is 12.1. The number of ether oxygens (including phenoxy) is 1. The number of benzene rings is 1. The van der Waals surface area contributed by atoms with E-state index < -0.39 is 0 Å². The van der Waals surface area contributed by atoms with Gasteiger partial charge >= 0.3 is 0 Å². The summed E-state index contributed by atoms with van der Waals surface area (Å²) in [5, 5.41) is 7.37. The summed E-state index contributed by atoms with van der Waals surface area (Å²) < 4.78 is 6.02. The van der Waals surface area contributed by atoms with Crippen LogP contribution < -0.4 is 10.6 Å². The van der Waals surface area contributed by atoms with Crippen LogP contribution in [0.4, 0.5) is 0 Å². The van der Waals surface area contributed by atoms with Crippen molar-refractivity contribution in [3.63, 3.8) is 0 Å². The maximum atomic E-state index is 12.4. The summed E-state index contributed by atoms with van der Waals surface area (Å²) in [6.45, 7) is 4.45. The van der Waals surface area contributed by atoms with E-state index in [1.54, 1.807) is 11.6 Å². The zero-order valence-electron chi connectivity index (χ0n) is 13.7. The van der Waals surface area contributed by atoms with Crippen molar-refractivity contribution in [3.8, 4) is 0 Å². The average molecular weight is 400 g/mol. The summed E-state index contributed by atoms with van der Waals surface area (Å²) in [5.74, 6) is -0.0194. The van der Waals surface area contributed by atoms with Gasteiger partial charge < -0.3 is 15.4 Å². The van der Waals surface area contributed by atoms with E-state index >= 15 is 0 Å². The molecule has 25 heavy (non-hydrogen) atoms. The Balaban J connectivity index is 1.73. The Morgan fingerprint density at radius 2 is 2.28 bits per heavy atom. The van der Waals surface area contributed by atoms with Crippen LogP contribution in [-0.2, 0) is 4.74 Å². The number of aryl methyl sites for hydroxylation is 1. The fourth-order valence-electron chi connectivity index (χ4n) is 2.85. The Kier molecular flexibility index (Phi) is 6.30. The molecule has 2 aromatic rings. The second-order valence-corrected chi connectivity index (χ2v) is 7.58. The van der Waals surface area contributed by atoms with Gasteiger partial charge in [-0.15, -0.1) is 11.3 Å². The van der Waals surface area contributed by atoms with E-state index in [1.165, 1.54) is 11.3 Å². The van der Waals surface area contributed by atoms with Gasteiger partial charge in [-0.25, -0.2) is 4.98 Å². The second-order valence-electron chi connectivity index (χ2n) is 5.91. The first-order valence-corrected chi connectivity index (χ1v) is 9.65. The van der Waals surface area contributed by atoms with Crippen molar-refractivity contribution in [1.82, 2.24) is 15.6 Å². The van der Waals surface area contributed by atoms with Crippen molar-refractivity contribution in [2.75, 3.05) is 26.2 Å². The third-order valence-corrected chi connectivity index (χ3v) is 5.83. The lowest BCUT2D eigenvalue weighted by Crippen LogP contribution is -2.36. The molecule has 0 saturated carbocycles. The van der Waals surface area contributed by atoms with Crippen LogP contribution in [0.5, 0.6) is 0 Å². The molecular formula is C17H19Cl2N3O2S. The number of thiazole rings is 1. The number of hydrogen-bond donors (Lipinski definition) is 2. The Morgan fingerprint density at radius 1 is 1.44 bits per heavy atom. The van der Waals surface area contributed by atoms with E-state index in [0.717, 1.165) is 24.3 Å². The minimum atomic E-state index is -0.160. The SMILES string of the molecule is Cc1ncsc1C(=O)NC[C@@H]1CNCCO[C@H]1c1ccc(Cl)c(Cl)c1. The molecule has 1 aromatic heterocycles. The summed E-state index contributed by atoms with van der Waals surface area (Å²) in [7, 11) is 0. The number of amides is 1. The Morgan fingerprint density at radius 3 is 3.00 bits per heavy atom. The number of hydrogen-bond acceptors (Lipinski definition) is 5. The van der Waals surface area contributed by atoms with Crippen LogP contribution >= 0.6 is 34.5 Å². The highest BCUT2D eigenvalue weighted by molar-refractivity contribution is 7.11. The molecule has 1 fully saturated rings. The van der Waals surface area contributed by atoms with Gasteiger partial charge in [-0.3, -0.25) is 4.79 Å². The minimum absolute atomic E-state index is 0.0805. The molecule has 1 aliphatic rings. The Labute approximate surface area is 160 Å². The highest BCUT2D eigenvalue weighted by Crippen LogP contribution is 2.32. The lowest BCUT2D eigenvalue weighted by Gasteiger charge is -2.25. The molecule has 1 aliphatic heterocycles. The standard InChI is InChI=1S/C17H19Cl2N3O2S/c1-10-16(25-9-22-10)17(23)21-8-12-7-20-4-5-24-15(12)11-2-3-13(18)14(19)6-11/h2-3,6,9,12,15,20H,4-5,7-8H2,1H3,(H,21,23)/t12-,15-/m0/s1. The summed E-state index contributed by atoms with van der Waals surface area (Å²) in [4.78, 5) is 17.1. The fraction of sp³-hybridized carbons (Fsp3) is 0.412. The number of nitrogens with zero attached hydrogens (tertiary/aromatic N) is 1. The summed E-state index contributed by atoms with van der Waals surface area (Å²) in [6, 6.07) is 5.53. The minimum Gasteiger partial charge on any atom is -0.372 e. The molecule has 0 aliphatic carbocycles. The highest BCUT2D eigenvalue weighted by atomic mass is 35.5. The monoisotopic (exact) mass is 399 g/mol. The van der Waals surface area contributed by atoms with Gasteiger partial charge in [0.1, 0.15) is 4.88 Å². The molecule has 0 radical (unpaired) electrons. The smallest absolute Gasteiger partial charge is 0.263 e. The van der Waals surface area contributed by atoms with Crippen LogP contribution in [0.1, 0.15) is 27.0 Å². The first kappa shape index (κ1) is 18.6. The van der Waals surface area contributed by atoms with E-state index in [0.29, 0.717) is 28.1 Å². The molecule has 0 spiro atoms. The van der Waals surface area contributed by atoms with E-state index in [9.17, 15) is 4.79 Å². The van der Waals surface area contributed by atoms with Crippen molar-refractivity contribution in [1.29, 1.82) is 0 Å². The van der Waals surface area contributed by atoms with Crippen LogP contribution in [0.15, 0.2) is 23.7 Å². The molecule has 5 nitrogen and oxygen atoms in total. The quantitative estimate of drug-likeness (QED) is 0.825. The zero-order chi connectivity index (χ0) is 17.8.